The van der Waals surface area contributed by atoms with Crippen LogP contribution in [0.25, 0.3) is 0 Å². The lowest BCUT2D eigenvalue weighted by Gasteiger charge is -2.31. The zero-order valence-electron chi connectivity index (χ0n) is 14.2. The molecule has 5 nitrogen and oxygen atoms in total. The first kappa shape index (κ1) is 17.0. The number of hydrogen-bond donors (Lipinski definition) is 0. The van der Waals surface area contributed by atoms with Crippen LogP contribution in [0, 0.1) is 0 Å². The van der Waals surface area contributed by atoms with E-state index in [0.717, 1.165) is 16.5 Å². The number of nitrogens with zero attached hydrogens (tertiary/aromatic N) is 3. The van der Waals surface area contributed by atoms with Gasteiger partial charge < -0.3 is 9.64 Å². The topological polar surface area (TPSA) is 47.4 Å². The van der Waals surface area contributed by atoms with Crippen LogP contribution in [0.3, 0.4) is 0 Å². The summed E-state index contributed by atoms with van der Waals surface area (Å²) in [7, 11) is 0. The zero-order valence-corrected chi connectivity index (χ0v) is 15.8. The highest BCUT2D eigenvalue weighted by Crippen LogP contribution is 2.37. The molecule has 1 fully saturated rings. The third-order valence-corrected chi connectivity index (χ3v) is 4.61. The Morgan fingerprint density at radius 3 is 2.58 bits per heavy atom. The number of halogens is 1. The third-order valence-electron chi connectivity index (χ3n) is 4.20. The molecular weight excluding hydrogens is 370 g/mol. The zero-order chi connectivity index (χ0) is 17.4. The van der Waals surface area contributed by atoms with E-state index in [9.17, 15) is 4.79 Å². The maximum atomic E-state index is 12.5. The van der Waals surface area contributed by atoms with Gasteiger partial charge in [0.15, 0.2) is 0 Å². The summed E-state index contributed by atoms with van der Waals surface area (Å²) in [5.41, 5.74) is 0.278. The van der Waals surface area contributed by atoms with Gasteiger partial charge in [-0.2, -0.15) is 5.10 Å². The molecular formula is C18H22BrN3O2. The Morgan fingerprint density at radius 2 is 2.00 bits per heavy atom. The normalized spacial score (nSPS) is 21.1. The van der Waals surface area contributed by atoms with Gasteiger partial charge in [0.1, 0.15) is 11.1 Å². The SMILES string of the molecule is CC(C)(C)OC(=O)N1CCC(c2ccccc2)(n2cc(Br)cn2)C1. The van der Waals surface area contributed by atoms with Gasteiger partial charge in [0.05, 0.1) is 17.2 Å². The van der Waals surface area contributed by atoms with Crippen LogP contribution in [0.2, 0.25) is 0 Å². The lowest BCUT2D eigenvalue weighted by atomic mass is 9.89. The molecule has 1 amide bonds. The molecule has 1 aromatic carbocycles. The molecule has 1 saturated heterocycles. The van der Waals surface area contributed by atoms with Crippen LogP contribution < -0.4 is 0 Å². The fourth-order valence-electron chi connectivity index (χ4n) is 3.11. The van der Waals surface area contributed by atoms with E-state index in [1.165, 1.54) is 0 Å². The summed E-state index contributed by atoms with van der Waals surface area (Å²) in [4.78, 5) is 14.3. The minimum Gasteiger partial charge on any atom is -0.444 e. The number of amides is 1. The molecule has 0 bridgehead atoms. The Hall–Kier alpha value is -1.82. The van der Waals surface area contributed by atoms with E-state index in [4.69, 9.17) is 4.74 Å². The molecule has 1 atom stereocenters. The number of hydrogen-bond acceptors (Lipinski definition) is 3. The summed E-state index contributed by atoms with van der Waals surface area (Å²) in [5.74, 6) is 0. The van der Waals surface area contributed by atoms with Crippen LogP contribution in [0.5, 0.6) is 0 Å². The number of ether oxygens (including phenoxy) is 1. The number of likely N-dealkylation sites (tertiary alicyclic amines) is 1. The second-order valence-corrected chi connectivity index (χ2v) is 8.07. The van der Waals surface area contributed by atoms with E-state index < -0.39 is 5.60 Å². The van der Waals surface area contributed by atoms with Gasteiger partial charge in [-0.15, -0.1) is 0 Å². The van der Waals surface area contributed by atoms with Gasteiger partial charge in [0.25, 0.3) is 0 Å². The maximum absolute atomic E-state index is 12.5. The molecule has 6 heteroatoms. The summed E-state index contributed by atoms with van der Waals surface area (Å²) >= 11 is 3.47. The molecule has 2 aromatic rings. The summed E-state index contributed by atoms with van der Waals surface area (Å²) in [5, 5.41) is 4.51. The molecule has 1 unspecified atom stereocenters. The average molecular weight is 392 g/mol. The van der Waals surface area contributed by atoms with Crippen molar-refractivity contribution >= 4 is 22.0 Å². The van der Waals surface area contributed by atoms with Crippen molar-refractivity contribution in [2.75, 3.05) is 13.1 Å². The van der Waals surface area contributed by atoms with Crippen LogP contribution >= 0.6 is 15.9 Å². The van der Waals surface area contributed by atoms with E-state index in [-0.39, 0.29) is 11.6 Å². The highest BCUT2D eigenvalue weighted by molar-refractivity contribution is 9.10. The molecule has 0 radical (unpaired) electrons. The summed E-state index contributed by atoms with van der Waals surface area (Å²) in [6.07, 6.45) is 4.27. The Kier molecular flexibility index (Phi) is 4.42. The second kappa shape index (κ2) is 6.24. The lowest BCUT2D eigenvalue weighted by Crippen LogP contribution is -2.41. The largest absolute Gasteiger partial charge is 0.444 e. The van der Waals surface area contributed by atoms with Crippen LogP contribution in [-0.4, -0.2) is 39.5 Å². The predicted molar refractivity (Wildman–Crippen MR) is 95.9 cm³/mol. The lowest BCUT2D eigenvalue weighted by molar-refractivity contribution is 0.0279. The van der Waals surface area contributed by atoms with Crippen molar-refractivity contribution in [1.29, 1.82) is 0 Å². The quantitative estimate of drug-likeness (QED) is 0.776. The van der Waals surface area contributed by atoms with Crippen LogP contribution in [0.4, 0.5) is 4.79 Å². The van der Waals surface area contributed by atoms with Crippen molar-refractivity contribution in [3.05, 3.63) is 52.8 Å². The Labute approximate surface area is 150 Å². The highest BCUT2D eigenvalue weighted by atomic mass is 79.9. The first-order chi connectivity index (χ1) is 11.3. The molecule has 0 spiro atoms. The van der Waals surface area contributed by atoms with E-state index in [1.54, 1.807) is 11.1 Å². The fourth-order valence-corrected chi connectivity index (χ4v) is 3.40. The monoisotopic (exact) mass is 391 g/mol. The molecule has 128 valence electrons. The van der Waals surface area contributed by atoms with E-state index >= 15 is 0 Å². The van der Waals surface area contributed by atoms with Crippen molar-refractivity contribution in [1.82, 2.24) is 14.7 Å². The van der Waals surface area contributed by atoms with Crippen LogP contribution in [0.1, 0.15) is 32.8 Å². The minimum atomic E-state index is -0.496. The van der Waals surface area contributed by atoms with Crippen LogP contribution in [0.15, 0.2) is 47.2 Å². The molecule has 1 aliphatic heterocycles. The molecule has 24 heavy (non-hydrogen) atoms. The number of benzene rings is 1. The summed E-state index contributed by atoms with van der Waals surface area (Å²) < 4.78 is 8.42. The summed E-state index contributed by atoms with van der Waals surface area (Å²) in [6, 6.07) is 10.2. The molecule has 1 aromatic heterocycles. The van der Waals surface area contributed by atoms with Gasteiger partial charge in [0, 0.05) is 12.7 Å². The smallest absolute Gasteiger partial charge is 0.410 e. The molecule has 0 N–H and O–H groups in total. The average Bonchev–Trinajstić information content (AvgIpc) is 3.14. The molecule has 1 aliphatic rings. The van der Waals surface area contributed by atoms with Gasteiger partial charge in [-0.1, -0.05) is 30.3 Å². The predicted octanol–water partition coefficient (Wildman–Crippen LogP) is 4.03. The number of carbonyl (C=O) groups excluding carboxylic acids is 1. The highest BCUT2D eigenvalue weighted by Gasteiger charge is 2.44. The Morgan fingerprint density at radius 1 is 1.29 bits per heavy atom. The number of aromatic nitrogens is 2. The summed E-state index contributed by atoms with van der Waals surface area (Å²) in [6.45, 7) is 6.84. The van der Waals surface area contributed by atoms with Crippen molar-refractivity contribution in [2.45, 2.75) is 38.3 Å². The van der Waals surface area contributed by atoms with Gasteiger partial charge in [-0.3, -0.25) is 4.68 Å². The Bertz CT molecular complexity index is 723. The fraction of sp³-hybridized carbons (Fsp3) is 0.444. The van der Waals surface area contributed by atoms with Crippen molar-refractivity contribution < 1.29 is 9.53 Å². The first-order valence-electron chi connectivity index (χ1n) is 8.04. The molecule has 0 saturated carbocycles. The van der Waals surface area contributed by atoms with E-state index in [0.29, 0.717) is 13.1 Å². The van der Waals surface area contributed by atoms with Crippen LogP contribution in [-0.2, 0) is 10.3 Å². The molecule has 2 heterocycles. The molecule has 0 aliphatic carbocycles. The number of carbonyl (C=O) groups is 1. The van der Waals surface area contributed by atoms with Crippen molar-refractivity contribution in [3.63, 3.8) is 0 Å². The van der Waals surface area contributed by atoms with Crippen molar-refractivity contribution in [2.24, 2.45) is 0 Å². The van der Waals surface area contributed by atoms with Gasteiger partial charge >= 0.3 is 6.09 Å². The second-order valence-electron chi connectivity index (χ2n) is 7.15. The van der Waals surface area contributed by atoms with E-state index in [2.05, 4.69) is 33.2 Å². The van der Waals surface area contributed by atoms with Gasteiger partial charge in [0.2, 0.25) is 0 Å². The minimum absolute atomic E-state index is 0.272. The standard InChI is InChI=1S/C18H22BrN3O2/c1-17(2,3)24-16(23)21-10-9-18(13-21,14-7-5-4-6-8-14)22-12-15(19)11-20-22/h4-8,11-12H,9-10,13H2,1-3H3. The van der Waals surface area contributed by atoms with E-state index in [1.807, 2.05) is 49.8 Å². The Balaban J connectivity index is 1.93. The van der Waals surface area contributed by atoms with Gasteiger partial charge in [-0.05, 0) is 48.7 Å². The first-order valence-corrected chi connectivity index (χ1v) is 8.84. The van der Waals surface area contributed by atoms with Crippen molar-refractivity contribution in [3.8, 4) is 0 Å². The molecule has 3 rings (SSSR count). The van der Waals surface area contributed by atoms with Gasteiger partial charge in [-0.25, -0.2) is 4.79 Å². The number of rotatable bonds is 2. The third kappa shape index (κ3) is 3.34. The maximum Gasteiger partial charge on any atom is 0.410 e.